The van der Waals surface area contributed by atoms with Gasteiger partial charge in [0.05, 0.1) is 6.54 Å². The molecule has 3 nitrogen and oxygen atoms in total. The average Bonchev–Trinajstić information content (AvgIpc) is 2.48. The third kappa shape index (κ3) is 4.53. The molecule has 0 aliphatic heterocycles. The molecule has 2 rings (SSSR count). The minimum atomic E-state index is 0.0410. The highest BCUT2D eigenvalue weighted by Gasteiger charge is 2.24. The van der Waals surface area contributed by atoms with E-state index in [1.54, 1.807) is 0 Å². The smallest absolute Gasteiger partial charge is 0.238 e. The van der Waals surface area contributed by atoms with Crippen molar-refractivity contribution in [2.24, 2.45) is 0 Å². The Hall–Kier alpha value is -1.00. The first-order valence-corrected chi connectivity index (χ1v) is 8.60. The van der Waals surface area contributed by atoms with Gasteiger partial charge >= 0.3 is 0 Å². The van der Waals surface area contributed by atoms with Gasteiger partial charge in [0, 0.05) is 17.0 Å². The Morgan fingerprint density at radius 2 is 1.95 bits per heavy atom. The van der Waals surface area contributed by atoms with E-state index in [4.69, 9.17) is 0 Å². The summed E-state index contributed by atoms with van der Waals surface area (Å²) in [5, 5.41) is 7.00. The van der Waals surface area contributed by atoms with Crippen LogP contribution in [-0.4, -0.2) is 30.0 Å². The number of hydrogen-bond acceptors (Lipinski definition) is 3. The predicted molar refractivity (Wildman–Crippen MR) is 87.4 cm³/mol. The van der Waals surface area contributed by atoms with Crippen molar-refractivity contribution >= 4 is 23.4 Å². The van der Waals surface area contributed by atoms with Crippen molar-refractivity contribution in [1.82, 2.24) is 5.32 Å². The summed E-state index contributed by atoms with van der Waals surface area (Å²) in [5.74, 6) is 0.0410. The van der Waals surface area contributed by atoms with Crippen LogP contribution in [0.2, 0.25) is 0 Å². The van der Waals surface area contributed by atoms with Crippen LogP contribution in [-0.2, 0) is 4.79 Å². The maximum atomic E-state index is 12.0. The van der Waals surface area contributed by atoms with E-state index in [2.05, 4.69) is 16.9 Å². The second kappa shape index (κ2) is 7.70. The van der Waals surface area contributed by atoms with E-state index in [-0.39, 0.29) is 5.91 Å². The lowest BCUT2D eigenvalue weighted by molar-refractivity contribution is -0.115. The topological polar surface area (TPSA) is 41.1 Å². The maximum Gasteiger partial charge on any atom is 0.238 e. The molecule has 1 aromatic carbocycles. The van der Waals surface area contributed by atoms with Gasteiger partial charge in [-0.1, -0.05) is 30.5 Å². The summed E-state index contributed by atoms with van der Waals surface area (Å²) < 4.78 is 0. The molecule has 1 aliphatic carbocycles. The van der Waals surface area contributed by atoms with Crippen molar-refractivity contribution in [3.63, 3.8) is 0 Å². The molecule has 2 N–H and O–H groups in total. The Kier molecular flexibility index (Phi) is 5.92. The molecule has 1 fully saturated rings. The second-order valence-electron chi connectivity index (χ2n) is 5.46. The van der Waals surface area contributed by atoms with Gasteiger partial charge in [0.15, 0.2) is 0 Å². The first kappa shape index (κ1) is 15.4. The number of amides is 1. The summed E-state index contributed by atoms with van der Waals surface area (Å²) in [6, 6.07) is 8.38. The molecule has 1 aromatic rings. The van der Waals surface area contributed by atoms with Gasteiger partial charge in [-0.25, -0.2) is 0 Å². The van der Waals surface area contributed by atoms with E-state index in [0.29, 0.717) is 17.8 Å². The molecule has 1 saturated carbocycles. The van der Waals surface area contributed by atoms with E-state index in [0.717, 1.165) is 5.69 Å². The fourth-order valence-electron chi connectivity index (χ4n) is 2.68. The number of carbonyl (C=O) groups excluding carboxylic acids is 1. The standard InChI is InChI=1S/C16H24N2OS/c1-12-7-9-13(10-8-12)18-16(19)11-17-14-5-3-4-6-15(14)20-2/h7-10,14-15,17H,3-6,11H2,1-2H3,(H,18,19). The van der Waals surface area contributed by atoms with Crippen molar-refractivity contribution < 1.29 is 4.79 Å². The summed E-state index contributed by atoms with van der Waals surface area (Å²) in [7, 11) is 0. The Bertz CT molecular complexity index is 433. The monoisotopic (exact) mass is 292 g/mol. The number of nitrogens with one attached hydrogen (secondary N) is 2. The maximum absolute atomic E-state index is 12.0. The minimum absolute atomic E-state index is 0.0410. The number of hydrogen-bond donors (Lipinski definition) is 2. The first-order valence-electron chi connectivity index (χ1n) is 7.32. The molecule has 0 spiro atoms. The van der Waals surface area contributed by atoms with Crippen LogP contribution in [0, 0.1) is 6.92 Å². The zero-order valence-electron chi connectivity index (χ0n) is 12.3. The molecule has 0 heterocycles. The number of anilines is 1. The zero-order chi connectivity index (χ0) is 14.4. The second-order valence-corrected chi connectivity index (χ2v) is 6.54. The Morgan fingerprint density at radius 1 is 1.25 bits per heavy atom. The molecule has 1 aliphatic rings. The molecular weight excluding hydrogens is 268 g/mol. The third-order valence-corrected chi connectivity index (χ3v) is 5.04. The Balaban J connectivity index is 1.78. The van der Waals surface area contributed by atoms with E-state index in [9.17, 15) is 4.79 Å². The number of aryl methyl sites for hydroxylation is 1. The molecule has 1 amide bonds. The van der Waals surface area contributed by atoms with Gasteiger partial charge in [-0.15, -0.1) is 0 Å². The van der Waals surface area contributed by atoms with Crippen LogP contribution in [0.3, 0.4) is 0 Å². The average molecular weight is 292 g/mol. The van der Waals surface area contributed by atoms with Gasteiger partial charge < -0.3 is 10.6 Å². The van der Waals surface area contributed by atoms with Crippen LogP contribution in [0.1, 0.15) is 31.2 Å². The highest BCUT2D eigenvalue weighted by Crippen LogP contribution is 2.26. The summed E-state index contributed by atoms with van der Waals surface area (Å²) >= 11 is 1.92. The quantitative estimate of drug-likeness (QED) is 0.875. The molecule has 110 valence electrons. The van der Waals surface area contributed by atoms with Crippen LogP contribution in [0.5, 0.6) is 0 Å². The van der Waals surface area contributed by atoms with Crippen LogP contribution < -0.4 is 10.6 Å². The molecule has 0 bridgehead atoms. The van der Waals surface area contributed by atoms with Crippen molar-refractivity contribution in [2.45, 2.75) is 43.9 Å². The summed E-state index contributed by atoms with van der Waals surface area (Å²) in [6.07, 6.45) is 7.20. The van der Waals surface area contributed by atoms with Crippen molar-refractivity contribution in [3.05, 3.63) is 29.8 Å². The van der Waals surface area contributed by atoms with Crippen LogP contribution in [0.4, 0.5) is 5.69 Å². The Morgan fingerprint density at radius 3 is 2.65 bits per heavy atom. The fourth-order valence-corrected chi connectivity index (χ4v) is 3.64. The van der Waals surface area contributed by atoms with Crippen molar-refractivity contribution in [2.75, 3.05) is 18.1 Å². The summed E-state index contributed by atoms with van der Waals surface area (Å²) in [4.78, 5) is 12.0. The molecule has 0 saturated heterocycles. The molecule has 0 aromatic heterocycles. The van der Waals surface area contributed by atoms with Crippen LogP contribution in [0.25, 0.3) is 0 Å². The molecule has 2 atom stereocenters. The molecular formula is C16H24N2OS. The lowest BCUT2D eigenvalue weighted by atomic mass is 9.95. The van der Waals surface area contributed by atoms with E-state index in [1.807, 2.05) is 43.0 Å². The molecule has 2 unspecified atom stereocenters. The normalized spacial score (nSPS) is 22.5. The van der Waals surface area contributed by atoms with E-state index in [1.165, 1.54) is 31.2 Å². The number of thioether (sulfide) groups is 1. The molecule has 0 radical (unpaired) electrons. The van der Waals surface area contributed by atoms with Crippen molar-refractivity contribution in [3.8, 4) is 0 Å². The highest BCUT2D eigenvalue weighted by molar-refractivity contribution is 7.99. The summed E-state index contributed by atoms with van der Waals surface area (Å²) in [5.41, 5.74) is 2.07. The van der Waals surface area contributed by atoms with Gasteiger partial charge in [0.1, 0.15) is 0 Å². The minimum Gasteiger partial charge on any atom is -0.325 e. The van der Waals surface area contributed by atoms with E-state index < -0.39 is 0 Å². The number of benzene rings is 1. The van der Waals surface area contributed by atoms with Gasteiger partial charge in [0.25, 0.3) is 0 Å². The molecule has 4 heteroatoms. The van der Waals surface area contributed by atoms with Gasteiger partial charge in [-0.05, 0) is 38.2 Å². The highest BCUT2D eigenvalue weighted by atomic mass is 32.2. The SMILES string of the molecule is CSC1CCCCC1NCC(=O)Nc1ccc(C)cc1. The van der Waals surface area contributed by atoms with E-state index >= 15 is 0 Å². The number of rotatable bonds is 5. The van der Waals surface area contributed by atoms with Gasteiger partial charge in [-0.3, -0.25) is 4.79 Å². The largest absolute Gasteiger partial charge is 0.325 e. The first-order chi connectivity index (χ1) is 9.69. The van der Waals surface area contributed by atoms with Crippen molar-refractivity contribution in [1.29, 1.82) is 0 Å². The summed E-state index contributed by atoms with van der Waals surface area (Å²) in [6.45, 7) is 2.44. The number of carbonyl (C=O) groups is 1. The lowest BCUT2D eigenvalue weighted by Crippen LogP contribution is -2.43. The molecule has 20 heavy (non-hydrogen) atoms. The Labute approximate surface area is 125 Å². The lowest BCUT2D eigenvalue weighted by Gasteiger charge is -2.30. The van der Waals surface area contributed by atoms with Crippen LogP contribution in [0.15, 0.2) is 24.3 Å². The predicted octanol–water partition coefficient (Wildman–Crippen LogP) is 3.20. The van der Waals surface area contributed by atoms with Gasteiger partial charge in [0.2, 0.25) is 5.91 Å². The van der Waals surface area contributed by atoms with Crippen LogP contribution >= 0.6 is 11.8 Å². The fraction of sp³-hybridized carbons (Fsp3) is 0.562. The zero-order valence-corrected chi connectivity index (χ0v) is 13.1. The van der Waals surface area contributed by atoms with Gasteiger partial charge in [-0.2, -0.15) is 11.8 Å². The third-order valence-electron chi connectivity index (χ3n) is 3.87.